The Labute approximate surface area is 110 Å². The molecule has 0 atom stereocenters. The number of nitrogens with zero attached hydrogens (tertiary/aromatic N) is 1. The van der Waals surface area contributed by atoms with Crippen LogP contribution in [0, 0.1) is 0 Å². The molecule has 1 heterocycles. The fourth-order valence-corrected chi connectivity index (χ4v) is 3.81. The maximum atomic E-state index is 10.9. The molecule has 0 amide bonds. The van der Waals surface area contributed by atoms with Gasteiger partial charge in [-0.05, 0) is 36.1 Å². The lowest BCUT2D eigenvalue weighted by Gasteiger charge is -2.26. The van der Waals surface area contributed by atoms with Gasteiger partial charge in [0.2, 0.25) is 0 Å². The number of anilines is 1. The van der Waals surface area contributed by atoms with E-state index in [4.69, 9.17) is 5.11 Å². The number of hydrogen-bond donors (Lipinski definition) is 1. The fourth-order valence-electron chi connectivity index (χ4n) is 1.63. The molecule has 17 heavy (non-hydrogen) atoms. The van der Waals surface area contributed by atoms with Gasteiger partial charge in [0.1, 0.15) is 0 Å². The number of carboxylic acids is 1. The molecule has 0 bridgehead atoms. The van der Waals surface area contributed by atoms with Crippen LogP contribution >= 0.6 is 23.5 Å². The highest BCUT2D eigenvalue weighted by atomic mass is 32.2. The Balaban J connectivity index is 2.13. The van der Waals surface area contributed by atoms with Crippen molar-refractivity contribution in [3.05, 3.63) is 29.8 Å². The van der Waals surface area contributed by atoms with E-state index in [2.05, 4.69) is 4.90 Å². The molecule has 0 aromatic heterocycles. The average Bonchev–Trinajstić information content (AvgIpc) is 2.28. The van der Waals surface area contributed by atoms with E-state index in [1.807, 2.05) is 35.7 Å². The van der Waals surface area contributed by atoms with Crippen LogP contribution in [0.15, 0.2) is 24.3 Å². The van der Waals surface area contributed by atoms with E-state index in [-0.39, 0.29) is 0 Å². The van der Waals surface area contributed by atoms with Crippen molar-refractivity contribution in [2.75, 3.05) is 28.2 Å². The number of thioether (sulfide) groups is 2. The summed E-state index contributed by atoms with van der Waals surface area (Å²) in [5.41, 5.74) is 1.37. The predicted molar refractivity (Wildman–Crippen MR) is 75.1 cm³/mol. The minimum absolute atomic E-state index is 0.361. The molecular weight excluding hydrogens is 254 g/mol. The van der Waals surface area contributed by atoms with E-state index in [1.165, 1.54) is 17.9 Å². The Morgan fingerprint density at radius 1 is 1.24 bits per heavy atom. The normalized spacial score (nSPS) is 17.3. The van der Waals surface area contributed by atoms with Crippen LogP contribution in [0.3, 0.4) is 0 Å². The van der Waals surface area contributed by atoms with Gasteiger partial charge in [-0.2, -0.15) is 0 Å². The van der Waals surface area contributed by atoms with Gasteiger partial charge in [0.05, 0.1) is 17.3 Å². The van der Waals surface area contributed by atoms with Crippen molar-refractivity contribution in [1.29, 1.82) is 0 Å². The first kappa shape index (κ1) is 12.6. The van der Waals surface area contributed by atoms with E-state index in [1.54, 1.807) is 12.1 Å². The molecule has 5 heteroatoms. The molecule has 1 aliphatic rings. The van der Waals surface area contributed by atoms with Crippen molar-refractivity contribution < 1.29 is 9.90 Å². The summed E-state index contributed by atoms with van der Waals surface area (Å²) in [6.45, 7) is 0. The second-order valence-corrected chi connectivity index (χ2v) is 5.97. The molecule has 1 aromatic rings. The second-order valence-electron chi connectivity index (χ2n) is 3.82. The largest absolute Gasteiger partial charge is 0.478 e. The zero-order valence-corrected chi connectivity index (χ0v) is 11.1. The number of benzene rings is 1. The molecule has 2 rings (SSSR count). The quantitative estimate of drug-likeness (QED) is 0.894. The summed E-state index contributed by atoms with van der Waals surface area (Å²) in [4.78, 5) is 13.2. The molecule has 3 nitrogen and oxygen atoms in total. The number of rotatable bonds is 2. The number of aromatic carboxylic acids is 1. The molecule has 0 saturated carbocycles. The Morgan fingerprint density at radius 2 is 1.94 bits per heavy atom. The van der Waals surface area contributed by atoms with Crippen LogP contribution in [0.5, 0.6) is 0 Å². The minimum Gasteiger partial charge on any atom is -0.478 e. The smallest absolute Gasteiger partial charge is 0.335 e. The van der Waals surface area contributed by atoms with Crippen LogP contribution < -0.4 is 4.90 Å². The van der Waals surface area contributed by atoms with Gasteiger partial charge in [0.15, 0.2) is 0 Å². The third-order valence-electron chi connectivity index (χ3n) is 2.53. The van der Waals surface area contributed by atoms with Gasteiger partial charge in [-0.3, -0.25) is 0 Å². The summed E-state index contributed by atoms with van der Waals surface area (Å²) >= 11 is 3.82. The van der Waals surface area contributed by atoms with Crippen LogP contribution in [0.25, 0.3) is 0 Å². The van der Waals surface area contributed by atoms with E-state index >= 15 is 0 Å². The molecule has 1 aliphatic heterocycles. The number of hydrogen-bond acceptors (Lipinski definition) is 4. The van der Waals surface area contributed by atoms with Crippen molar-refractivity contribution in [2.24, 2.45) is 0 Å². The molecule has 0 radical (unpaired) electrons. The van der Waals surface area contributed by atoms with Crippen molar-refractivity contribution in [1.82, 2.24) is 0 Å². The summed E-state index contributed by atoms with van der Waals surface area (Å²) in [5.74, 6) is 3.38. The molecule has 0 aliphatic carbocycles. The van der Waals surface area contributed by atoms with Crippen molar-refractivity contribution in [2.45, 2.75) is 6.42 Å². The molecule has 1 saturated heterocycles. The lowest BCUT2D eigenvalue weighted by atomic mass is 10.2. The SMILES string of the molecule is O=C(O)c1cccc(N2CSCCCSC2)c1. The fraction of sp³-hybridized carbons (Fsp3) is 0.417. The zero-order chi connectivity index (χ0) is 12.1. The first-order chi connectivity index (χ1) is 8.27. The van der Waals surface area contributed by atoms with E-state index in [0.29, 0.717) is 5.56 Å². The first-order valence-electron chi connectivity index (χ1n) is 5.51. The van der Waals surface area contributed by atoms with Gasteiger partial charge < -0.3 is 10.0 Å². The first-order valence-corrected chi connectivity index (χ1v) is 7.82. The Hall–Kier alpha value is -0.810. The molecule has 1 N–H and O–H groups in total. The summed E-state index contributed by atoms with van der Waals surface area (Å²) in [6, 6.07) is 7.18. The molecule has 0 spiro atoms. The summed E-state index contributed by atoms with van der Waals surface area (Å²) < 4.78 is 0. The Kier molecular flexibility index (Phi) is 4.62. The Bertz CT molecular complexity index is 390. The second kappa shape index (κ2) is 6.21. The zero-order valence-electron chi connectivity index (χ0n) is 9.46. The third-order valence-corrected chi connectivity index (χ3v) is 4.67. The van der Waals surface area contributed by atoms with Crippen LogP contribution in [0.1, 0.15) is 16.8 Å². The molecule has 1 aromatic carbocycles. The van der Waals surface area contributed by atoms with Crippen molar-refractivity contribution >= 4 is 35.2 Å². The van der Waals surface area contributed by atoms with E-state index in [9.17, 15) is 4.79 Å². The van der Waals surface area contributed by atoms with Gasteiger partial charge in [-0.15, -0.1) is 23.5 Å². The average molecular weight is 269 g/mol. The summed E-state index contributed by atoms with van der Waals surface area (Å²) in [7, 11) is 0. The van der Waals surface area contributed by atoms with E-state index in [0.717, 1.165) is 17.4 Å². The number of carbonyl (C=O) groups is 1. The van der Waals surface area contributed by atoms with Crippen LogP contribution in [-0.2, 0) is 0 Å². The standard InChI is InChI=1S/C12H15NO2S2/c14-12(15)10-3-1-4-11(7-10)13-8-16-5-2-6-17-9-13/h1,3-4,7H,2,5-6,8-9H2,(H,14,15). The van der Waals surface area contributed by atoms with Gasteiger partial charge in [0, 0.05) is 5.69 Å². The molecular formula is C12H15NO2S2. The van der Waals surface area contributed by atoms with Gasteiger partial charge in [0.25, 0.3) is 0 Å². The lowest BCUT2D eigenvalue weighted by molar-refractivity contribution is 0.0697. The van der Waals surface area contributed by atoms with Crippen LogP contribution in [0.4, 0.5) is 5.69 Å². The molecule has 1 fully saturated rings. The van der Waals surface area contributed by atoms with Gasteiger partial charge in [-0.25, -0.2) is 4.79 Å². The highest BCUT2D eigenvalue weighted by molar-refractivity contribution is 8.00. The van der Waals surface area contributed by atoms with Crippen LogP contribution in [0.2, 0.25) is 0 Å². The van der Waals surface area contributed by atoms with Gasteiger partial charge in [-0.1, -0.05) is 6.07 Å². The highest BCUT2D eigenvalue weighted by Gasteiger charge is 2.11. The third kappa shape index (κ3) is 3.57. The van der Waals surface area contributed by atoms with Crippen molar-refractivity contribution in [3.63, 3.8) is 0 Å². The summed E-state index contributed by atoms with van der Waals surface area (Å²) in [6.07, 6.45) is 1.26. The molecule has 0 unspecified atom stereocenters. The van der Waals surface area contributed by atoms with Crippen molar-refractivity contribution in [3.8, 4) is 0 Å². The van der Waals surface area contributed by atoms with Gasteiger partial charge >= 0.3 is 5.97 Å². The number of carboxylic acid groups (broad SMARTS) is 1. The maximum absolute atomic E-state index is 10.9. The van der Waals surface area contributed by atoms with Crippen LogP contribution in [-0.4, -0.2) is 34.3 Å². The predicted octanol–water partition coefficient (Wildman–Crippen LogP) is 2.98. The minimum atomic E-state index is -0.862. The summed E-state index contributed by atoms with van der Waals surface area (Å²) in [5, 5.41) is 8.98. The van der Waals surface area contributed by atoms with E-state index < -0.39 is 5.97 Å². The lowest BCUT2D eigenvalue weighted by Crippen LogP contribution is -2.24. The maximum Gasteiger partial charge on any atom is 0.335 e. The monoisotopic (exact) mass is 269 g/mol. The molecule has 92 valence electrons. The highest BCUT2D eigenvalue weighted by Crippen LogP contribution is 2.24. The topological polar surface area (TPSA) is 40.5 Å². The Morgan fingerprint density at radius 3 is 2.59 bits per heavy atom.